The molecule has 0 aliphatic rings. The van der Waals surface area contributed by atoms with Crippen molar-refractivity contribution in [3.63, 3.8) is 0 Å². The number of rotatable bonds is 3. The minimum atomic E-state index is 0.779. The van der Waals surface area contributed by atoms with Crippen LogP contribution in [-0.4, -0.2) is 4.98 Å². The average molecular weight is 188 g/mol. The molecule has 3 nitrogen and oxygen atoms in total. The summed E-state index contributed by atoms with van der Waals surface area (Å²) in [7, 11) is 0. The van der Waals surface area contributed by atoms with Crippen LogP contribution in [0, 0.1) is 0 Å². The lowest BCUT2D eigenvalue weighted by Crippen LogP contribution is -1.92. The summed E-state index contributed by atoms with van der Waals surface area (Å²) in [6.07, 6.45) is 5.02. The third kappa shape index (κ3) is 2.13. The molecular weight excluding hydrogens is 176 g/mol. The Kier molecular flexibility index (Phi) is 2.49. The molecule has 0 fully saturated rings. The van der Waals surface area contributed by atoms with E-state index in [1.54, 1.807) is 12.5 Å². The van der Waals surface area contributed by atoms with Gasteiger partial charge in [0.05, 0.1) is 6.20 Å². The van der Waals surface area contributed by atoms with Gasteiger partial charge in [0.25, 0.3) is 0 Å². The summed E-state index contributed by atoms with van der Waals surface area (Å²) >= 11 is 0. The topological polar surface area (TPSA) is 52.0 Å². The molecule has 0 radical (unpaired) electrons. The Morgan fingerprint density at radius 3 is 2.57 bits per heavy atom. The highest BCUT2D eigenvalue weighted by molar-refractivity contribution is 5.39. The fraction of sp³-hybridized carbons (Fsp3) is 0.182. The van der Waals surface area contributed by atoms with Crippen molar-refractivity contribution in [2.24, 2.45) is 0 Å². The molecule has 2 rings (SSSR count). The number of benzene rings is 1. The van der Waals surface area contributed by atoms with E-state index in [-0.39, 0.29) is 0 Å². The highest BCUT2D eigenvalue weighted by Gasteiger charge is 1.98. The number of aromatic nitrogens is 1. The molecule has 14 heavy (non-hydrogen) atoms. The lowest BCUT2D eigenvalue weighted by Gasteiger charge is -1.99. The predicted octanol–water partition coefficient (Wildman–Crippen LogP) is 2.04. The second-order valence-corrected chi connectivity index (χ2v) is 3.17. The average Bonchev–Trinajstić information content (AvgIpc) is 2.70. The molecule has 0 unspecified atom stereocenters. The minimum absolute atomic E-state index is 0.779. The van der Waals surface area contributed by atoms with Gasteiger partial charge >= 0.3 is 0 Å². The van der Waals surface area contributed by atoms with E-state index in [0.29, 0.717) is 0 Å². The molecule has 2 aromatic rings. The molecule has 0 saturated carbocycles. The van der Waals surface area contributed by atoms with Crippen LogP contribution in [0.3, 0.4) is 0 Å². The first-order valence-corrected chi connectivity index (χ1v) is 4.57. The van der Waals surface area contributed by atoms with Crippen molar-refractivity contribution in [3.8, 4) is 0 Å². The zero-order valence-corrected chi connectivity index (χ0v) is 7.81. The number of nitrogen functional groups attached to an aromatic ring is 1. The first-order valence-electron chi connectivity index (χ1n) is 4.57. The second-order valence-electron chi connectivity index (χ2n) is 3.17. The molecule has 0 amide bonds. The first-order chi connectivity index (χ1) is 6.84. The number of nitrogens with two attached hydrogens (primary N) is 1. The van der Waals surface area contributed by atoms with Crippen LogP contribution in [0.1, 0.15) is 11.5 Å². The van der Waals surface area contributed by atoms with Crippen molar-refractivity contribution in [2.75, 3.05) is 5.73 Å². The largest absolute Gasteiger partial charge is 0.449 e. The van der Waals surface area contributed by atoms with Gasteiger partial charge in [-0.3, -0.25) is 0 Å². The number of hydrogen-bond donors (Lipinski definition) is 1. The Hall–Kier alpha value is -1.77. The highest BCUT2D eigenvalue weighted by Crippen LogP contribution is 2.08. The Bertz CT molecular complexity index is 378. The quantitative estimate of drug-likeness (QED) is 0.750. The lowest BCUT2D eigenvalue weighted by molar-refractivity contribution is 0.494. The Balaban J connectivity index is 1.95. The van der Waals surface area contributed by atoms with Crippen LogP contribution in [0.2, 0.25) is 0 Å². The van der Waals surface area contributed by atoms with Gasteiger partial charge in [0.15, 0.2) is 5.89 Å². The van der Waals surface area contributed by atoms with E-state index in [1.807, 2.05) is 24.3 Å². The summed E-state index contributed by atoms with van der Waals surface area (Å²) in [5.74, 6) is 0.779. The Morgan fingerprint density at radius 2 is 1.93 bits per heavy atom. The maximum atomic E-state index is 5.59. The number of oxazole rings is 1. The molecule has 72 valence electrons. The normalized spacial score (nSPS) is 10.3. The van der Waals surface area contributed by atoms with E-state index in [2.05, 4.69) is 4.98 Å². The van der Waals surface area contributed by atoms with Crippen molar-refractivity contribution >= 4 is 5.69 Å². The summed E-state index contributed by atoms with van der Waals surface area (Å²) in [5, 5.41) is 0. The fourth-order valence-electron chi connectivity index (χ4n) is 1.31. The zero-order valence-electron chi connectivity index (χ0n) is 7.81. The van der Waals surface area contributed by atoms with Crippen molar-refractivity contribution in [2.45, 2.75) is 12.8 Å². The molecule has 0 spiro atoms. The maximum Gasteiger partial charge on any atom is 0.194 e. The summed E-state index contributed by atoms with van der Waals surface area (Å²) < 4.78 is 5.14. The van der Waals surface area contributed by atoms with Crippen molar-refractivity contribution < 1.29 is 4.42 Å². The van der Waals surface area contributed by atoms with Gasteiger partial charge in [-0.25, -0.2) is 4.98 Å². The third-order valence-corrected chi connectivity index (χ3v) is 2.09. The van der Waals surface area contributed by atoms with Crippen LogP contribution in [0.4, 0.5) is 5.69 Å². The highest BCUT2D eigenvalue weighted by atomic mass is 16.3. The zero-order chi connectivity index (χ0) is 9.80. The van der Waals surface area contributed by atoms with E-state index in [0.717, 1.165) is 24.4 Å². The summed E-state index contributed by atoms with van der Waals surface area (Å²) in [6, 6.07) is 7.87. The molecule has 2 N–H and O–H groups in total. The maximum absolute atomic E-state index is 5.59. The number of anilines is 1. The molecule has 0 aliphatic carbocycles. The molecule has 0 atom stereocenters. The van der Waals surface area contributed by atoms with Gasteiger partial charge in [-0.05, 0) is 24.1 Å². The van der Waals surface area contributed by atoms with Gasteiger partial charge in [0.1, 0.15) is 6.26 Å². The lowest BCUT2D eigenvalue weighted by atomic mass is 10.1. The molecule has 1 aromatic heterocycles. The van der Waals surface area contributed by atoms with E-state index in [9.17, 15) is 0 Å². The van der Waals surface area contributed by atoms with Crippen LogP contribution in [0.5, 0.6) is 0 Å². The Labute approximate surface area is 82.6 Å². The van der Waals surface area contributed by atoms with Gasteiger partial charge < -0.3 is 10.2 Å². The fourth-order valence-corrected chi connectivity index (χ4v) is 1.31. The van der Waals surface area contributed by atoms with Crippen LogP contribution in [0.25, 0.3) is 0 Å². The van der Waals surface area contributed by atoms with E-state index >= 15 is 0 Å². The minimum Gasteiger partial charge on any atom is -0.449 e. The molecule has 1 heterocycles. The van der Waals surface area contributed by atoms with Crippen LogP contribution < -0.4 is 5.73 Å². The molecule has 1 aromatic carbocycles. The van der Waals surface area contributed by atoms with Crippen LogP contribution >= 0.6 is 0 Å². The van der Waals surface area contributed by atoms with Gasteiger partial charge in [0.2, 0.25) is 0 Å². The summed E-state index contributed by atoms with van der Waals surface area (Å²) in [4.78, 5) is 4.06. The standard InChI is InChI=1S/C11H12N2O/c12-10-4-1-9(2-5-10)3-6-11-13-7-8-14-11/h1-2,4-5,7-8H,3,6,12H2. The van der Waals surface area contributed by atoms with Crippen molar-refractivity contribution in [3.05, 3.63) is 48.2 Å². The van der Waals surface area contributed by atoms with E-state index in [4.69, 9.17) is 10.2 Å². The Morgan fingerprint density at radius 1 is 1.14 bits per heavy atom. The van der Waals surface area contributed by atoms with Gasteiger partial charge in [0, 0.05) is 12.1 Å². The number of nitrogens with zero attached hydrogens (tertiary/aromatic N) is 1. The van der Waals surface area contributed by atoms with Gasteiger partial charge in [-0.2, -0.15) is 0 Å². The molecular formula is C11H12N2O. The van der Waals surface area contributed by atoms with Gasteiger partial charge in [-0.15, -0.1) is 0 Å². The summed E-state index contributed by atoms with van der Waals surface area (Å²) in [6.45, 7) is 0. The SMILES string of the molecule is Nc1ccc(CCc2ncco2)cc1. The first kappa shape index (κ1) is 8.81. The van der Waals surface area contributed by atoms with Crippen molar-refractivity contribution in [1.82, 2.24) is 4.98 Å². The monoisotopic (exact) mass is 188 g/mol. The number of aryl methyl sites for hydroxylation is 2. The van der Waals surface area contributed by atoms with E-state index in [1.165, 1.54) is 5.56 Å². The molecule has 0 bridgehead atoms. The molecule has 0 saturated heterocycles. The third-order valence-electron chi connectivity index (χ3n) is 2.09. The smallest absolute Gasteiger partial charge is 0.194 e. The number of hydrogen-bond acceptors (Lipinski definition) is 3. The summed E-state index contributed by atoms with van der Waals surface area (Å²) in [5.41, 5.74) is 7.63. The molecule has 3 heteroatoms. The van der Waals surface area contributed by atoms with Crippen molar-refractivity contribution in [1.29, 1.82) is 0 Å². The molecule has 0 aliphatic heterocycles. The predicted molar refractivity (Wildman–Crippen MR) is 54.8 cm³/mol. The van der Waals surface area contributed by atoms with Crippen LogP contribution in [-0.2, 0) is 12.8 Å². The van der Waals surface area contributed by atoms with Crippen LogP contribution in [0.15, 0.2) is 41.1 Å². The van der Waals surface area contributed by atoms with Gasteiger partial charge in [-0.1, -0.05) is 12.1 Å². The second kappa shape index (κ2) is 3.96. The van der Waals surface area contributed by atoms with E-state index < -0.39 is 0 Å².